The Kier molecular flexibility index (Phi) is 7.21. The lowest BCUT2D eigenvalue weighted by Gasteiger charge is -2.27. The van der Waals surface area contributed by atoms with Gasteiger partial charge >= 0.3 is 6.18 Å². The molecule has 0 bridgehead atoms. The fourth-order valence-corrected chi connectivity index (χ4v) is 3.12. The molecule has 120 valence electrons. The van der Waals surface area contributed by atoms with Crippen LogP contribution in [0.2, 0.25) is 0 Å². The maximum atomic E-state index is 11.9. The van der Waals surface area contributed by atoms with Gasteiger partial charge in [0, 0.05) is 39.1 Å². The minimum Gasteiger partial charge on any atom is -0.314 e. The summed E-state index contributed by atoms with van der Waals surface area (Å²) in [5, 5.41) is 3.22. The molecule has 1 aliphatic heterocycles. The highest BCUT2D eigenvalue weighted by molar-refractivity contribution is 7.89. The van der Waals surface area contributed by atoms with Crippen molar-refractivity contribution >= 4 is 10.0 Å². The first kappa shape index (κ1) is 17.7. The second-order valence-corrected chi connectivity index (χ2v) is 6.80. The van der Waals surface area contributed by atoms with Crippen LogP contribution >= 0.6 is 0 Å². The van der Waals surface area contributed by atoms with Gasteiger partial charge in [0.1, 0.15) is 0 Å². The lowest BCUT2D eigenvalue weighted by Crippen LogP contribution is -2.44. The molecular weight excluding hydrogens is 295 g/mol. The summed E-state index contributed by atoms with van der Waals surface area (Å²) in [6, 6.07) is 0. The SMILES string of the molecule is O=S(=O)(CCCC(F)(F)F)NCCCN1CCNCC1. The number of hydrogen-bond donors (Lipinski definition) is 2. The van der Waals surface area contributed by atoms with E-state index in [1.807, 2.05) is 0 Å². The zero-order valence-corrected chi connectivity index (χ0v) is 12.2. The normalized spacial score (nSPS) is 18.4. The average molecular weight is 317 g/mol. The van der Waals surface area contributed by atoms with Crippen molar-refractivity contribution in [3.8, 4) is 0 Å². The highest BCUT2D eigenvalue weighted by Crippen LogP contribution is 2.21. The highest BCUT2D eigenvalue weighted by Gasteiger charge is 2.27. The van der Waals surface area contributed by atoms with Crippen molar-refractivity contribution in [1.29, 1.82) is 0 Å². The van der Waals surface area contributed by atoms with Gasteiger partial charge in [0.2, 0.25) is 10.0 Å². The number of alkyl halides is 3. The quantitative estimate of drug-likeness (QED) is 0.642. The van der Waals surface area contributed by atoms with Gasteiger partial charge in [-0.15, -0.1) is 0 Å². The van der Waals surface area contributed by atoms with E-state index in [2.05, 4.69) is 14.9 Å². The number of nitrogens with zero attached hydrogens (tertiary/aromatic N) is 1. The van der Waals surface area contributed by atoms with Crippen LogP contribution in [0.1, 0.15) is 19.3 Å². The minimum atomic E-state index is -4.29. The standard InChI is InChI=1S/C11H22F3N3O2S/c12-11(13,14)3-1-10-20(18,19)16-4-2-7-17-8-5-15-6-9-17/h15-16H,1-10H2. The number of halogens is 3. The van der Waals surface area contributed by atoms with E-state index < -0.39 is 34.8 Å². The Hall–Kier alpha value is -0.380. The second-order valence-electron chi connectivity index (χ2n) is 4.88. The van der Waals surface area contributed by atoms with Crippen LogP contribution < -0.4 is 10.0 Å². The molecule has 5 nitrogen and oxygen atoms in total. The van der Waals surface area contributed by atoms with Crippen LogP contribution in [-0.4, -0.2) is 64.5 Å². The highest BCUT2D eigenvalue weighted by atomic mass is 32.2. The molecule has 9 heteroatoms. The molecular formula is C11H22F3N3O2S. The smallest absolute Gasteiger partial charge is 0.314 e. The van der Waals surface area contributed by atoms with Gasteiger partial charge in [-0.1, -0.05) is 0 Å². The molecule has 0 radical (unpaired) electrons. The lowest BCUT2D eigenvalue weighted by atomic mass is 10.3. The summed E-state index contributed by atoms with van der Waals surface area (Å²) in [5.74, 6) is -0.472. The van der Waals surface area contributed by atoms with E-state index >= 15 is 0 Å². The summed E-state index contributed by atoms with van der Waals surface area (Å²) >= 11 is 0. The van der Waals surface area contributed by atoms with Crippen LogP contribution in [0.25, 0.3) is 0 Å². The number of piperazine rings is 1. The maximum Gasteiger partial charge on any atom is 0.389 e. The molecule has 1 rings (SSSR count). The zero-order chi connectivity index (χ0) is 15.1. The summed E-state index contributed by atoms with van der Waals surface area (Å²) in [6.07, 6.45) is -5.08. The molecule has 0 unspecified atom stereocenters. The molecule has 1 aliphatic rings. The number of hydrogen-bond acceptors (Lipinski definition) is 4. The van der Waals surface area contributed by atoms with Gasteiger partial charge in [0.25, 0.3) is 0 Å². The predicted molar refractivity (Wildman–Crippen MR) is 71.0 cm³/mol. The summed E-state index contributed by atoms with van der Waals surface area (Å²) < 4.78 is 61.0. The summed E-state index contributed by atoms with van der Waals surface area (Å²) in [5.41, 5.74) is 0. The van der Waals surface area contributed by atoms with Crippen molar-refractivity contribution in [1.82, 2.24) is 14.9 Å². The Bertz CT molecular complexity index is 368. The first-order valence-corrected chi connectivity index (χ1v) is 8.41. The van der Waals surface area contributed by atoms with Crippen molar-refractivity contribution in [2.45, 2.75) is 25.4 Å². The van der Waals surface area contributed by atoms with Crippen molar-refractivity contribution in [2.75, 3.05) is 45.0 Å². The van der Waals surface area contributed by atoms with E-state index in [1.165, 1.54) is 0 Å². The molecule has 0 aromatic rings. The largest absolute Gasteiger partial charge is 0.389 e. The molecule has 20 heavy (non-hydrogen) atoms. The van der Waals surface area contributed by atoms with Crippen LogP contribution in [0.4, 0.5) is 13.2 Å². The molecule has 0 spiro atoms. The fourth-order valence-electron chi connectivity index (χ4n) is 2.00. The van der Waals surface area contributed by atoms with E-state index in [4.69, 9.17) is 0 Å². The van der Waals surface area contributed by atoms with Gasteiger partial charge in [-0.25, -0.2) is 13.1 Å². The van der Waals surface area contributed by atoms with Gasteiger partial charge in [-0.3, -0.25) is 0 Å². The molecule has 1 saturated heterocycles. The molecule has 0 aromatic carbocycles. The van der Waals surface area contributed by atoms with E-state index in [-0.39, 0.29) is 6.54 Å². The molecule has 0 aromatic heterocycles. The summed E-state index contributed by atoms with van der Waals surface area (Å²) in [7, 11) is -3.59. The first-order chi connectivity index (χ1) is 9.29. The third-order valence-corrected chi connectivity index (χ3v) is 4.53. The van der Waals surface area contributed by atoms with E-state index in [0.29, 0.717) is 6.42 Å². The van der Waals surface area contributed by atoms with Crippen molar-refractivity contribution in [2.24, 2.45) is 0 Å². The Morgan fingerprint density at radius 3 is 2.40 bits per heavy atom. The fraction of sp³-hybridized carbons (Fsp3) is 1.00. The molecule has 0 atom stereocenters. The van der Waals surface area contributed by atoms with Crippen molar-refractivity contribution < 1.29 is 21.6 Å². The number of nitrogens with one attached hydrogen (secondary N) is 2. The third kappa shape index (κ3) is 8.72. The Labute approximate surface area is 117 Å². The van der Waals surface area contributed by atoms with E-state index in [9.17, 15) is 21.6 Å². The topological polar surface area (TPSA) is 61.4 Å². The third-order valence-electron chi connectivity index (χ3n) is 3.06. The molecule has 1 fully saturated rings. The first-order valence-electron chi connectivity index (χ1n) is 6.76. The van der Waals surface area contributed by atoms with Crippen LogP contribution in [0, 0.1) is 0 Å². The molecule has 0 saturated carbocycles. The maximum absolute atomic E-state index is 11.9. The Morgan fingerprint density at radius 2 is 1.80 bits per heavy atom. The van der Waals surface area contributed by atoms with Crippen molar-refractivity contribution in [3.05, 3.63) is 0 Å². The Balaban J connectivity index is 2.09. The van der Waals surface area contributed by atoms with Crippen LogP contribution in [0.5, 0.6) is 0 Å². The second kappa shape index (κ2) is 8.16. The Morgan fingerprint density at radius 1 is 1.15 bits per heavy atom. The van der Waals surface area contributed by atoms with E-state index in [0.717, 1.165) is 32.7 Å². The average Bonchev–Trinajstić information content (AvgIpc) is 2.34. The minimum absolute atomic E-state index is 0.276. The summed E-state index contributed by atoms with van der Waals surface area (Å²) in [4.78, 5) is 2.23. The van der Waals surface area contributed by atoms with Crippen LogP contribution in [-0.2, 0) is 10.0 Å². The van der Waals surface area contributed by atoms with Crippen LogP contribution in [0.15, 0.2) is 0 Å². The number of rotatable bonds is 8. The van der Waals surface area contributed by atoms with Crippen LogP contribution in [0.3, 0.4) is 0 Å². The molecule has 2 N–H and O–H groups in total. The predicted octanol–water partition coefficient (Wildman–Crippen LogP) is 0.544. The molecule has 0 aliphatic carbocycles. The molecule has 0 amide bonds. The van der Waals surface area contributed by atoms with Gasteiger partial charge in [-0.2, -0.15) is 13.2 Å². The van der Waals surface area contributed by atoms with Gasteiger partial charge in [-0.05, 0) is 19.4 Å². The molecule has 1 heterocycles. The van der Waals surface area contributed by atoms with E-state index in [1.54, 1.807) is 0 Å². The monoisotopic (exact) mass is 317 g/mol. The zero-order valence-electron chi connectivity index (χ0n) is 11.4. The summed E-state index contributed by atoms with van der Waals surface area (Å²) in [6.45, 7) is 4.83. The van der Waals surface area contributed by atoms with Gasteiger partial charge in [0.15, 0.2) is 0 Å². The lowest BCUT2D eigenvalue weighted by molar-refractivity contribution is -0.134. The van der Waals surface area contributed by atoms with Crippen molar-refractivity contribution in [3.63, 3.8) is 0 Å². The van der Waals surface area contributed by atoms with Gasteiger partial charge in [0.05, 0.1) is 5.75 Å². The van der Waals surface area contributed by atoms with Gasteiger partial charge < -0.3 is 10.2 Å². The number of sulfonamides is 1.